The van der Waals surface area contributed by atoms with Crippen LogP contribution in [-0.2, 0) is 4.79 Å². The minimum absolute atomic E-state index is 0.135. The highest BCUT2D eigenvalue weighted by Gasteiger charge is 2.22. The third-order valence-corrected chi connectivity index (χ3v) is 4.35. The summed E-state index contributed by atoms with van der Waals surface area (Å²) in [7, 11) is 0. The lowest BCUT2D eigenvalue weighted by Crippen LogP contribution is -2.20. The van der Waals surface area contributed by atoms with Crippen molar-refractivity contribution >= 4 is 29.0 Å². The van der Waals surface area contributed by atoms with Crippen LogP contribution in [0.25, 0.3) is 0 Å². The Labute approximate surface area is 148 Å². The van der Waals surface area contributed by atoms with Crippen molar-refractivity contribution in [3.63, 3.8) is 0 Å². The number of anilines is 4. The predicted octanol–water partition coefficient (Wildman–Crippen LogP) is 4.09. The molecule has 0 spiro atoms. The predicted molar refractivity (Wildman–Crippen MR) is 101 cm³/mol. The number of amides is 1. The molecule has 1 saturated carbocycles. The summed E-state index contributed by atoms with van der Waals surface area (Å²) in [5, 5.41) is 9.40. The number of aromatic nitrogens is 2. The lowest BCUT2D eigenvalue weighted by Gasteiger charge is -2.12. The summed E-state index contributed by atoms with van der Waals surface area (Å²) in [6.45, 7) is 4.78. The van der Waals surface area contributed by atoms with Crippen LogP contribution in [0.3, 0.4) is 0 Å². The zero-order valence-electron chi connectivity index (χ0n) is 14.8. The van der Waals surface area contributed by atoms with Gasteiger partial charge in [-0.1, -0.05) is 12.8 Å². The summed E-state index contributed by atoms with van der Waals surface area (Å²) in [4.78, 5) is 21.0. The summed E-state index contributed by atoms with van der Waals surface area (Å²) in [5.41, 5.74) is 2.60. The van der Waals surface area contributed by atoms with Gasteiger partial charge in [0.15, 0.2) is 0 Å². The highest BCUT2D eigenvalue weighted by Crippen LogP contribution is 2.26. The van der Waals surface area contributed by atoms with Crippen LogP contribution in [0.5, 0.6) is 0 Å². The van der Waals surface area contributed by atoms with Crippen LogP contribution in [-0.4, -0.2) is 22.4 Å². The second-order valence-electron chi connectivity index (χ2n) is 6.42. The molecule has 0 radical (unpaired) electrons. The smallest absolute Gasteiger partial charge is 0.229 e. The van der Waals surface area contributed by atoms with Crippen molar-refractivity contribution in [3.8, 4) is 0 Å². The van der Waals surface area contributed by atoms with Gasteiger partial charge in [0.1, 0.15) is 5.82 Å². The number of aryl methyl sites for hydroxylation is 1. The van der Waals surface area contributed by atoms with Gasteiger partial charge in [0, 0.05) is 35.6 Å². The van der Waals surface area contributed by atoms with Gasteiger partial charge in [-0.25, -0.2) is 4.98 Å². The largest absolute Gasteiger partial charge is 0.370 e. The van der Waals surface area contributed by atoms with Crippen LogP contribution < -0.4 is 16.0 Å². The van der Waals surface area contributed by atoms with Crippen LogP contribution >= 0.6 is 0 Å². The summed E-state index contributed by atoms with van der Waals surface area (Å²) < 4.78 is 0. The van der Waals surface area contributed by atoms with Crippen molar-refractivity contribution in [3.05, 3.63) is 36.0 Å². The number of nitrogens with zero attached hydrogens (tertiary/aromatic N) is 2. The van der Waals surface area contributed by atoms with Gasteiger partial charge in [-0.3, -0.25) is 4.79 Å². The zero-order valence-corrected chi connectivity index (χ0v) is 14.8. The molecule has 2 aromatic rings. The first-order chi connectivity index (χ1) is 12.1. The van der Waals surface area contributed by atoms with Crippen LogP contribution in [0.4, 0.5) is 23.1 Å². The Morgan fingerprint density at radius 3 is 2.48 bits per heavy atom. The van der Waals surface area contributed by atoms with Gasteiger partial charge >= 0.3 is 0 Å². The highest BCUT2D eigenvalue weighted by molar-refractivity contribution is 5.92. The number of carbonyl (C=O) groups is 1. The number of rotatable bonds is 6. The van der Waals surface area contributed by atoms with E-state index < -0.39 is 0 Å². The molecule has 3 N–H and O–H groups in total. The quantitative estimate of drug-likeness (QED) is 0.739. The average Bonchev–Trinajstić information content (AvgIpc) is 3.11. The molecular formula is C19H25N5O. The Morgan fingerprint density at radius 2 is 1.80 bits per heavy atom. The van der Waals surface area contributed by atoms with Crippen molar-refractivity contribution in [2.75, 3.05) is 22.5 Å². The second-order valence-corrected chi connectivity index (χ2v) is 6.42. The van der Waals surface area contributed by atoms with Crippen LogP contribution in [0.2, 0.25) is 0 Å². The minimum atomic E-state index is 0.135. The maximum absolute atomic E-state index is 12.2. The van der Waals surface area contributed by atoms with Gasteiger partial charge in [0.05, 0.1) is 0 Å². The van der Waals surface area contributed by atoms with Crippen molar-refractivity contribution in [2.24, 2.45) is 5.92 Å². The molecule has 132 valence electrons. The molecule has 0 atom stereocenters. The summed E-state index contributed by atoms with van der Waals surface area (Å²) >= 11 is 0. The Kier molecular flexibility index (Phi) is 5.48. The van der Waals surface area contributed by atoms with Crippen LogP contribution in [0.15, 0.2) is 30.3 Å². The van der Waals surface area contributed by atoms with Crippen molar-refractivity contribution in [2.45, 2.75) is 39.5 Å². The molecule has 25 heavy (non-hydrogen) atoms. The van der Waals surface area contributed by atoms with E-state index in [2.05, 4.69) is 25.9 Å². The van der Waals surface area contributed by atoms with E-state index in [0.29, 0.717) is 5.95 Å². The molecule has 1 aliphatic rings. The Morgan fingerprint density at radius 1 is 1.12 bits per heavy atom. The molecule has 3 rings (SSSR count). The average molecular weight is 339 g/mol. The standard InChI is InChI=1S/C19H25N5O/c1-3-20-17-12-13(2)21-19(24-17)23-16-10-8-15(9-11-16)22-18(25)14-6-4-5-7-14/h8-12,14H,3-7H2,1-2H3,(H,22,25)(H2,20,21,23,24). The minimum Gasteiger partial charge on any atom is -0.370 e. The van der Waals surface area contributed by atoms with Gasteiger partial charge in [-0.2, -0.15) is 4.98 Å². The Balaban J connectivity index is 1.63. The van der Waals surface area contributed by atoms with E-state index in [9.17, 15) is 4.79 Å². The van der Waals surface area contributed by atoms with E-state index in [1.807, 2.05) is 44.2 Å². The maximum Gasteiger partial charge on any atom is 0.229 e. The first-order valence-electron chi connectivity index (χ1n) is 8.91. The van der Waals surface area contributed by atoms with Crippen LogP contribution in [0.1, 0.15) is 38.3 Å². The SMILES string of the molecule is CCNc1cc(C)nc(Nc2ccc(NC(=O)C3CCCC3)cc2)n1. The van der Waals surface area contributed by atoms with E-state index in [1.165, 1.54) is 0 Å². The molecular weight excluding hydrogens is 314 g/mol. The number of hydrogen-bond donors (Lipinski definition) is 3. The molecule has 1 heterocycles. The fourth-order valence-corrected chi connectivity index (χ4v) is 3.09. The van der Waals surface area contributed by atoms with Gasteiger partial charge in [-0.15, -0.1) is 0 Å². The summed E-state index contributed by atoms with van der Waals surface area (Å²) in [6, 6.07) is 9.55. The monoisotopic (exact) mass is 339 g/mol. The number of carbonyl (C=O) groups excluding carboxylic acids is 1. The van der Waals surface area contributed by atoms with Crippen molar-refractivity contribution in [1.29, 1.82) is 0 Å². The number of nitrogens with one attached hydrogen (secondary N) is 3. The fourth-order valence-electron chi connectivity index (χ4n) is 3.09. The molecule has 6 heteroatoms. The normalized spacial score (nSPS) is 14.3. The highest BCUT2D eigenvalue weighted by atomic mass is 16.1. The molecule has 0 aliphatic heterocycles. The first-order valence-corrected chi connectivity index (χ1v) is 8.91. The topological polar surface area (TPSA) is 78.9 Å². The van der Waals surface area contributed by atoms with E-state index >= 15 is 0 Å². The zero-order chi connectivity index (χ0) is 17.6. The van der Waals surface area contributed by atoms with Crippen molar-refractivity contribution in [1.82, 2.24) is 9.97 Å². The fraction of sp³-hybridized carbons (Fsp3) is 0.421. The van der Waals surface area contributed by atoms with Gasteiger partial charge in [0.2, 0.25) is 11.9 Å². The van der Waals surface area contributed by atoms with E-state index in [-0.39, 0.29) is 11.8 Å². The van der Waals surface area contributed by atoms with E-state index in [0.717, 1.165) is 55.1 Å². The third-order valence-electron chi connectivity index (χ3n) is 4.35. The molecule has 1 aliphatic carbocycles. The van der Waals surface area contributed by atoms with Crippen LogP contribution in [0, 0.1) is 12.8 Å². The molecule has 0 unspecified atom stereocenters. The summed E-state index contributed by atoms with van der Waals surface area (Å²) in [6.07, 6.45) is 4.33. The molecule has 6 nitrogen and oxygen atoms in total. The van der Waals surface area contributed by atoms with E-state index in [4.69, 9.17) is 0 Å². The lowest BCUT2D eigenvalue weighted by molar-refractivity contribution is -0.119. The molecule has 1 aromatic carbocycles. The van der Waals surface area contributed by atoms with Gasteiger partial charge in [0.25, 0.3) is 0 Å². The van der Waals surface area contributed by atoms with Gasteiger partial charge < -0.3 is 16.0 Å². The number of benzene rings is 1. The number of hydrogen-bond acceptors (Lipinski definition) is 5. The summed E-state index contributed by atoms with van der Waals surface area (Å²) in [5.74, 6) is 1.66. The molecule has 1 aromatic heterocycles. The van der Waals surface area contributed by atoms with E-state index in [1.54, 1.807) is 0 Å². The first kappa shape index (κ1) is 17.2. The third kappa shape index (κ3) is 4.68. The Hall–Kier alpha value is -2.63. The molecule has 0 bridgehead atoms. The Bertz CT molecular complexity index is 723. The molecule has 1 fully saturated rings. The molecule has 1 amide bonds. The lowest BCUT2D eigenvalue weighted by atomic mass is 10.1. The maximum atomic E-state index is 12.2. The van der Waals surface area contributed by atoms with Gasteiger partial charge in [-0.05, 0) is 51.0 Å². The van der Waals surface area contributed by atoms with Crippen molar-refractivity contribution < 1.29 is 4.79 Å². The molecule has 0 saturated heterocycles. The second kappa shape index (κ2) is 7.96.